The van der Waals surface area contributed by atoms with Crippen LogP contribution in [-0.2, 0) is 5.75 Å². The van der Waals surface area contributed by atoms with Crippen LogP contribution in [0.4, 0.5) is 0 Å². The summed E-state index contributed by atoms with van der Waals surface area (Å²) in [5.41, 5.74) is 1.79. The van der Waals surface area contributed by atoms with E-state index in [1.54, 1.807) is 6.07 Å². The van der Waals surface area contributed by atoms with Gasteiger partial charge in [0.2, 0.25) is 0 Å². The van der Waals surface area contributed by atoms with Crippen molar-refractivity contribution < 1.29 is 0 Å². The summed E-state index contributed by atoms with van der Waals surface area (Å²) in [4.78, 5) is 0. The average molecular weight is 266 g/mol. The molecule has 0 saturated heterocycles. The molecule has 0 atom stereocenters. The molecule has 1 saturated carbocycles. The van der Waals surface area contributed by atoms with Crippen LogP contribution in [0.2, 0.25) is 5.02 Å². The summed E-state index contributed by atoms with van der Waals surface area (Å²) >= 11 is 8.10. The molecule has 0 spiro atoms. The van der Waals surface area contributed by atoms with E-state index in [4.69, 9.17) is 16.9 Å². The smallest absolute Gasteiger partial charge is 0.0992 e. The molecular formula is C14H16ClNS. The van der Waals surface area contributed by atoms with Gasteiger partial charge in [-0.15, -0.1) is 0 Å². The lowest BCUT2D eigenvalue weighted by Gasteiger charge is -2.09. The number of hydrogen-bond donors (Lipinski definition) is 0. The van der Waals surface area contributed by atoms with E-state index in [0.29, 0.717) is 5.56 Å². The normalized spacial score (nSPS) is 16.0. The molecule has 0 aliphatic heterocycles. The van der Waals surface area contributed by atoms with Crippen LogP contribution in [0.25, 0.3) is 0 Å². The molecule has 2 rings (SSSR count). The molecule has 1 nitrogen and oxygen atoms in total. The Morgan fingerprint density at radius 3 is 2.76 bits per heavy atom. The monoisotopic (exact) mass is 265 g/mol. The Balaban J connectivity index is 1.84. The first-order valence-electron chi connectivity index (χ1n) is 6.06. The number of nitrogens with zero attached hydrogens (tertiary/aromatic N) is 1. The molecule has 1 aliphatic rings. The third-order valence-corrected chi connectivity index (χ3v) is 4.84. The van der Waals surface area contributed by atoms with Crippen LogP contribution in [0.1, 0.15) is 36.8 Å². The number of rotatable bonds is 4. The van der Waals surface area contributed by atoms with Gasteiger partial charge in [0.05, 0.1) is 11.6 Å². The lowest BCUT2D eigenvalue weighted by atomic mass is 10.1. The molecule has 0 N–H and O–H groups in total. The molecule has 0 heterocycles. The Kier molecular flexibility index (Phi) is 4.76. The highest BCUT2D eigenvalue weighted by atomic mass is 35.5. The molecule has 0 aromatic heterocycles. The molecule has 90 valence electrons. The van der Waals surface area contributed by atoms with Crippen molar-refractivity contribution in [3.8, 4) is 6.07 Å². The first kappa shape index (κ1) is 12.8. The van der Waals surface area contributed by atoms with E-state index in [9.17, 15) is 0 Å². The van der Waals surface area contributed by atoms with Crippen molar-refractivity contribution in [2.45, 2.75) is 31.4 Å². The maximum absolute atomic E-state index is 8.76. The summed E-state index contributed by atoms with van der Waals surface area (Å²) in [6.45, 7) is 0. The Bertz CT molecular complexity index is 419. The van der Waals surface area contributed by atoms with Gasteiger partial charge >= 0.3 is 0 Å². The molecule has 0 amide bonds. The summed E-state index contributed by atoms with van der Waals surface area (Å²) in [6, 6.07) is 7.68. The lowest BCUT2D eigenvalue weighted by Crippen LogP contribution is -1.97. The van der Waals surface area contributed by atoms with Gasteiger partial charge in [-0.25, -0.2) is 0 Å². The van der Waals surface area contributed by atoms with Gasteiger partial charge in [-0.1, -0.05) is 30.5 Å². The van der Waals surface area contributed by atoms with Crippen molar-refractivity contribution in [2.75, 3.05) is 5.75 Å². The van der Waals surface area contributed by atoms with E-state index in [1.165, 1.54) is 31.4 Å². The molecule has 0 radical (unpaired) electrons. The molecule has 1 fully saturated rings. The topological polar surface area (TPSA) is 23.8 Å². The zero-order valence-corrected chi connectivity index (χ0v) is 11.4. The number of hydrogen-bond acceptors (Lipinski definition) is 2. The van der Waals surface area contributed by atoms with Gasteiger partial charge < -0.3 is 0 Å². The number of thioether (sulfide) groups is 1. The Hall–Kier alpha value is -0.650. The van der Waals surface area contributed by atoms with Crippen LogP contribution in [0.15, 0.2) is 18.2 Å². The average Bonchev–Trinajstić information content (AvgIpc) is 2.84. The van der Waals surface area contributed by atoms with Crippen molar-refractivity contribution in [1.29, 1.82) is 5.26 Å². The largest absolute Gasteiger partial charge is 0.192 e. The Labute approximate surface area is 112 Å². The zero-order chi connectivity index (χ0) is 12.1. The first-order chi connectivity index (χ1) is 8.29. The van der Waals surface area contributed by atoms with Gasteiger partial charge in [-0.05, 0) is 42.2 Å². The molecule has 1 aromatic rings. The quantitative estimate of drug-likeness (QED) is 0.792. The van der Waals surface area contributed by atoms with Gasteiger partial charge in [0.25, 0.3) is 0 Å². The van der Waals surface area contributed by atoms with Crippen LogP contribution in [0, 0.1) is 17.2 Å². The highest BCUT2D eigenvalue weighted by Gasteiger charge is 2.14. The summed E-state index contributed by atoms with van der Waals surface area (Å²) in [5, 5.41) is 9.48. The third-order valence-electron chi connectivity index (χ3n) is 3.27. The first-order valence-corrected chi connectivity index (χ1v) is 7.59. The minimum Gasteiger partial charge on any atom is -0.192 e. The van der Waals surface area contributed by atoms with Crippen LogP contribution in [-0.4, -0.2) is 5.75 Å². The van der Waals surface area contributed by atoms with Gasteiger partial charge in [0.15, 0.2) is 0 Å². The zero-order valence-electron chi connectivity index (χ0n) is 9.79. The van der Waals surface area contributed by atoms with Gasteiger partial charge in [-0.2, -0.15) is 17.0 Å². The fourth-order valence-corrected chi connectivity index (χ4v) is 3.83. The van der Waals surface area contributed by atoms with Crippen molar-refractivity contribution in [1.82, 2.24) is 0 Å². The number of nitriles is 1. The maximum atomic E-state index is 8.76. The fraction of sp³-hybridized carbons (Fsp3) is 0.500. The molecule has 1 aliphatic carbocycles. The maximum Gasteiger partial charge on any atom is 0.0992 e. The molecule has 0 bridgehead atoms. The SMILES string of the molecule is N#Cc1ccc(CSCC2CCCC2)c(Cl)c1. The van der Waals surface area contributed by atoms with E-state index < -0.39 is 0 Å². The van der Waals surface area contributed by atoms with E-state index >= 15 is 0 Å². The van der Waals surface area contributed by atoms with Crippen molar-refractivity contribution in [3.63, 3.8) is 0 Å². The minimum atomic E-state index is 0.638. The van der Waals surface area contributed by atoms with Gasteiger partial charge in [0, 0.05) is 10.8 Å². The molecule has 0 unspecified atom stereocenters. The van der Waals surface area contributed by atoms with Gasteiger partial charge in [-0.3, -0.25) is 0 Å². The Morgan fingerprint density at radius 1 is 1.35 bits per heavy atom. The highest BCUT2D eigenvalue weighted by molar-refractivity contribution is 7.98. The minimum absolute atomic E-state index is 0.638. The van der Waals surface area contributed by atoms with Crippen molar-refractivity contribution in [2.24, 2.45) is 5.92 Å². The van der Waals surface area contributed by atoms with Crippen LogP contribution in [0.5, 0.6) is 0 Å². The van der Waals surface area contributed by atoms with Gasteiger partial charge in [0.1, 0.15) is 0 Å². The second-order valence-electron chi connectivity index (χ2n) is 4.58. The standard InChI is InChI=1S/C14H16ClNS/c15-14-7-12(8-16)5-6-13(14)10-17-9-11-3-1-2-4-11/h5-7,11H,1-4,9-10H2. The van der Waals surface area contributed by atoms with E-state index in [1.807, 2.05) is 23.9 Å². The molecular weight excluding hydrogens is 250 g/mol. The lowest BCUT2D eigenvalue weighted by molar-refractivity contribution is 0.623. The van der Waals surface area contributed by atoms with Crippen molar-refractivity contribution >= 4 is 23.4 Å². The third kappa shape index (κ3) is 3.66. The predicted molar refractivity (Wildman–Crippen MR) is 74.3 cm³/mol. The fourth-order valence-electron chi connectivity index (χ4n) is 2.25. The summed E-state index contributed by atoms with van der Waals surface area (Å²) in [6.07, 6.45) is 5.61. The summed E-state index contributed by atoms with van der Waals surface area (Å²) < 4.78 is 0. The van der Waals surface area contributed by atoms with E-state index in [-0.39, 0.29) is 0 Å². The van der Waals surface area contributed by atoms with Crippen LogP contribution in [0.3, 0.4) is 0 Å². The highest BCUT2D eigenvalue weighted by Crippen LogP contribution is 2.30. The molecule has 3 heteroatoms. The van der Waals surface area contributed by atoms with Crippen molar-refractivity contribution in [3.05, 3.63) is 34.3 Å². The molecule has 17 heavy (non-hydrogen) atoms. The van der Waals surface area contributed by atoms with E-state index in [2.05, 4.69) is 6.07 Å². The van der Waals surface area contributed by atoms with Crippen LogP contribution >= 0.6 is 23.4 Å². The predicted octanol–water partition coefficient (Wildman–Crippen LogP) is 4.64. The number of halogens is 1. The summed E-state index contributed by atoms with van der Waals surface area (Å²) in [7, 11) is 0. The molecule has 1 aromatic carbocycles. The Morgan fingerprint density at radius 2 is 2.12 bits per heavy atom. The number of benzene rings is 1. The second-order valence-corrected chi connectivity index (χ2v) is 6.02. The van der Waals surface area contributed by atoms with E-state index in [0.717, 1.165) is 22.3 Å². The van der Waals surface area contributed by atoms with Crippen LogP contribution < -0.4 is 0 Å². The summed E-state index contributed by atoms with van der Waals surface area (Å²) in [5.74, 6) is 3.12. The second kappa shape index (κ2) is 6.33.